The second kappa shape index (κ2) is 8.05. The maximum absolute atomic E-state index is 11.7. The van der Waals surface area contributed by atoms with Gasteiger partial charge >= 0.3 is 6.09 Å². The van der Waals surface area contributed by atoms with Crippen LogP contribution >= 0.6 is 0 Å². The number of hydrogen-bond acceptors (Lipinski definition) is 4. The number of amides is 1. The van der Waals surface area contributed by atoms with E-state index in [4.69, 9.17) is 4.74 Å². The lowest BCUT2D eigenvalue weighted by Crippen LogP contribution is -2.39. The molecule has 0 radical (unpaired) electrons. The molecular weight excluding hydrogens is 282 g/mol. The number of ether oxygens (including phenoxy) is 1. The molecule has 2 aromatic carbocycles. The molecule has 0 bridgehead atoms. The van der Waals surface area contributed by atoms with Crippen LogP contribution in [0.15, 0.2) is 54.6 Å². The number of aliphatic hydroxyl groups is 1. The maximum atomic E-state index is 11.7. The number of hydrogen-bond donors (Lipinski definition) is 3. The van der Waals surface area contributed by atoms with Crippen LogP contribution < -0.4 is 5.32 Å². The van der Waals surface area contributed by atoms with Gasteiger partial charge in [0.25, 0.3) is 0 Å². The fourth-order valence-corrected chi connectivity index (χ4v) is 2.01. The second-order valence-corrected chi connectivity index (χ2v) is 4.96. The van der Waals surface area contributed by atoms with Gasteiger partial charge in [-0.2, -0.15) is 0 Å². The minimum absolute atomic E-state index is 0.180. The predicted octanol–water partition coefficient (Wildman–Crippen LogP) is 2.22. The molecule has 1 amide bonds. The molecule has 5 nitrogen and oxygen atoms in total. The van der Waals surface area contributed by atoms with Gasteiger partial charge in [-0.3, -0.25) is 0 Å². The Morgan fingerprint density at radius 1 is 1.05 bits per heavy atom. The summed E-state index contributed by atoms with van der Waals surface area (Å²) < 4.78 is 5.12. The van der Waals surface area contributed by atoms with Gasteiger partial charge in [-0.1, -0.05) is 42.5 Å². The molecule has 5 heteroatoms. The summed E-state index contributed by atoms with van der Waals surface area (Å²) in [5, 5.41) is 21.2. The van der Waals surface area contributed by atoms with Crippen molar-refractivity contribution in [2.24, 2.45) is 0 Å². The molecule has 0 heterocycles. The highest BCUT2D eigenvalue weighted by Crippen LogP contribution is 2.11. The minimum atomic E-state index is -0.568. The van der Waals surface area contributed by atoms with Crippen molar-refractivity contribution in [1.82, 2.24) is 5.32 Å². The van der Waals surface area contributed by atoms with Crippen LogP contribution in [0.2, 0.25) is 0 Å². The molecule has 3 N–H and O–H groups in total. The molecule has 116 valence electrons. The van der Waals surface area contributed by atoms with Crippen LogP contribution in [0.3, 0.4) is 0 Å². The van der Waals surface area contributed by atoms with E-state index in [9.17, 15) is 15.0 Å². The van der Waals surface area contributed by atoms with E-state index in [-0.39, 0.29) is 19.0 Å². The van der Waals surface area contributed by atoms with Gasteiger partial charge in [0.2, 0.25) is 0 Å². The van der Waals surface area contributed by atoms with Crippen LogP contribution in [-0.2, 0) is 17.8 Å². The Hall–Kier alpha value is -2.53. The van der Waals surface area contributed by atoms with Gasteiger partial charge < -0.3 is 20.3 Å². The van der Waals surface area contributed by atoms with Crippen LogP contribution in [-0.4, -0.2) is 29.0 Å². The number of carbonyl (C=O) groups excluding carboxylic acids is 1. The van der Waals surface area contributed by atoms with Gasteiger partial charge in [-0.25, -0.2) is 4.79 Å². The third-order valence-electron chi connectivity index (χ3n) is 3.17. The molecule has 0 aliphatic rings. The first-order valence-electron chi connectivity index (χ1n) is 7.03. The molecule has 0 saturated heterocycles. The molecule has 1 atom stereocenters. The van der Waals surface area contributed by atoms with Gasteiger partial charge in [0.05, 0.1) is 12.6 Å². The van der Waals surface area contributed by atoms with Crippen LogP contribution in [0.5, 0.6) is 5.75 Å². The Kier molecular flexibility index (Phi) is 5.80. The van der Waals surface area contributed by atoms with E-state index < -0.39 is 12.1 Å². The van der Waals surface area contributed by atoms with E-state index in [0.717, 1.165) is 11.1 Å². The van der Waals surface area contributed by atoms with Crippen LogP contribution in [0.25, 0.3) is 0 Å². The lowest BCUT2D eigenvalue weighted by molar-refractivity contribution is 0.129. The highest BCUT2D eigenvalue weighted by atomic mass is 16.5. The van der Waals surface area contributed by atoms with E-state index in [2.05, 4.69) is 5.32 Å². The molecule has 0 unspecified atom stereocenters. The molecule has 0 aliphatic heterocycles. The second-order valence-electron chi connectivity index (χ2n) is 4.96. The quantitative estimate of drug-likeness (QED) is 0.764. The number of phenols is 1. The maximum Gasteiger partial charge on any atom is 0.407 e. The Morgan fingerprint density at radius 3 is 2.36 bits per heavy atom. The van der Waals surface area contributed by atoms with Crippen molar-refractivity contribution in [3.63, 3.8) is 0 Å². The Labute approximate surface area is 129 Å². The number of phenolic OH excluding ortho intramolecular Hbond substituents is 1. The van der Waals surface area contributed by atoms with E-state index >= 15 is 0 Å². The van der Waals surface area contributed by atoms with Crippen molar-refractivity contribution in [3.05, 3.63) is 65.7 Å². The Balaban J connectivity index is 1.81. The van der Waals surface area contributed by atoms with Crippen molar-refractivity contribution >= 4 is 6.09 Å². The first kappa shape index (κ1) is 15.9. The lowest BCUT2D eigenvalue weighted by Gasteiger charge is -2.16. The SMILES string of the molecule is O=C(N[C@@H](CO)Cc1ccc(O)cc1)OCc1ccccc1. The van der Waals surface area contributed by atoms with E-state index in [0.29, 0.717) is 6.42 Å². The topological polar surface area (TPSA) is 78.8 Å². The third-order valence-corrected chi connectivity index (χ3v) is 3.17. The summed E-state index contributed by atoms with van der Waals surface area (Å²) in [4.78, 5) is 11.7. The van der Waals surface area contributed by atoms with Gasteiger partial charge in [0.15, 0.2) is 0 Å². The standard InChI is InChI=1S/C17H19NO4/c19-11-15(10-13-6-8-16(20)9-7-13)18-17(21)22-12-14-4-2-1-3-5-14/h1-9,15,19-20H,10-12H2,(H,18,21)/t15-/m1/s1. The van der Waals surface area contributed by atoms with Gasteiger partial charge in [0, 0.05) is 0 Å². The summed E-state index contributed by atoms with van der Waals surface area (Å²) in [6.07, 6.45) is -0.112. The van der Waals surface area contributed by atoms with Gasteiger partial charge in [-0.05, 0) is 29.7 Å². The smallest absolute Gasteiger partial charge is 0.407 e. The first-order chi connectivity index (χ1) is 10.7. The summed E-state index contributed by atoms with van der Waals surface area (Å²) in [5.74, 6) is 0.180. The average Bonchev–Trinajstić information content (AvgIpc) is 2.55. The number of aromatic hydroxyl groups is 1. The molecular formula is C17H19NO4. The van der Waals surface area contributed by atoms with E-state index in [1.807, 2.05) is 30.3 Å². The molecule has 0 fully saturated rings. The number of rotatable bonds is 6. The van der Waals surface area contributed by atoms with Crippen LogP contribution in [0.4, 0.5) is 4.79 Å². The summed E-state index contributed by atoms with van der Waals surface area (Å²) in [5.41, 5.74) is 1.80. The van der Waals surface area contributed by atoms with Crippen molar-refractivity contribution < 1.29 is 19.7 Å². The van der Waals surface area contributed by atoms with Crippen molar-refractivity contribution in [2.75, 3.05) is 6.61 Å². The van der Waals surface area contributed by atoms with Crippen molar-refractivity contribution in [2.45, 2.75) is 19.1 Å². The molecule has 0 aromatic heterocycles. The zero-order valence-corrected chi connectivity index (χ0v) is 12.1. The summed E-state index contributed by atoms with van der Waals surface area (Å²) in [7, 11) is 0. The molecule has 0 saturated carbocycles. The highest BCUT2D eigenvalue weighted by molar-refractivity contribution is 5.67. The zero-order valence-electron chi connectivity index (χ0n) is 12.1. The molecule has 22 heavy (non-hydrogen) atoms. The average molecular weight is 301 g/mol. The summed E-state index contributed by atoms with van der Waals surface area (Å²) in [6, 6.07) is 15.6. The zero-order chi connectivity index (χ0) is 15.8. The molecule has 2 rings (SSSR count). The number of benzene rings is 2. The van der Waals surface area contributed by atoms with Crippen LogP contribution in [0, 0.1) is 0 Å². The molecule has 2 aromatic rings. The fraction of sp³-hybridized carbons (Fsp3) is 0.235. The summed E-state index contributed by atoms with van der Waals surface area (Å²) in [6.45, 7) is -0.00859. The number of carbonyl (C=O) groups is 1. The van der Waals surface area contributed by atoms with Gasteiger partial charge in [0.1, 0.15) is 12.4 Å². The summed E-state index contributed by atoms with van der Waals surface area (Å²) >= 11 is 0. The van der Waals surface area contributed by atoms with E-state index in [1.54, 1.807) is 24.3 Å². The normalized spacial score (nSPS) is 11.7. The van der Waals surface area contributed by atoms with Crippen molar-refractivity contribution in [1.29, 1.82) is 0 Å². The van der Waals surface area contributed by atoms with E-state index in [1.165, 1.54) is 0 Å². The molecule has 0 spiro atoms. The highest BCUT2D eigenvalue weighted by Gasteiger charge is 2.13. The Bertz CT molecular complexity index is 583. The third kappa shape index (κ3) is 5.10. The predicted molar refractivity (Wildman–Crippen MR) is 82.4 cm³/mol. The number of nitrogens with one attached hydrogen (secondary N) is 1. The largest absolute Gasteiger partial charge is 0.508 e. The lowest BCUT2D eigenvalue weighted by atomic mass is 10.1. The van der Waals surface area contributed by atoms with Gasteiger partial charge in [-0.15, -0.1) is 0 Å². The first-order valence-corrected chi connectivity index (χ1v) is 7.03. The van der Waals surface area contributed by atoms with Crippen molar-refractivity contribution in [3.8, 4) is 5.75 Å². The number of aliphatic hydroxyl groups excluding tert-OH is 1. The van der Waals surface area contributed by atoms with Crippen LogP contribution in [0.1, 0.15) is 11.1 Å². The molecule has 0 aliphatic carbocycles. The minimum Gasteiger partial charge on any atom is -0.508 e. The fourth-order valence-electron chi connectivity index (χ4n) is 2.01. The Morgan fingerprint density at radius 2 is 1.73 bits per heavy atom. The monoisotopic (exact) mass is 301 g/mol. The number of alkyl carbamates (subject to hydrolysis) is 1.